The van der Waals surface area contributed by atoms with E-state index in [0.717, 1.165) is 33.4 Å². The van der Waals surface area contributed by atoms with Crippen LogP contribution in [0, 0.1) is 0 Å². The third-order valence-electron chi connectivity index (χ3n) is 8.10. The van der Waals surface area contributed by atoms with Gasteiger partial charge in [-0.15, -0.1) is 0 Å². The number of thioether (sulfide) groups is 1. The first-order valence-corrected chi connectivity index (χ1v) is 16.4. The van der Waals surface area contributed by atoms with Crippen LogP contribution in [0.2, 0.25) is 0 Å². The number of carbonyl (C=O) groups excluding carboxylic acids is 2. The van der Waals surface area contributed by atoms with Crippen molar-refractivity contribution in [1.82, 2.24) is 10.2 Å². The van der Waals surface area contributed by atoms with Gasteiger partial charge < -0.3 is 29.9 Å². The van der Waals surface area contributed by atoms with Crippen molar-refractivity contribution in [3.63, 3.8) is 0 Å². The minimum Gasteiger partial charge on any atom is -0.396 e. The van der Waals surface area contributed by atoms with Crippen LogP contribution in [0.15, 0.2) is 72.8 Å². The maximum atomic E-state index is 13.0. The predicted octanol–water partition coefficient (Wildman–Crippen LogP) is 5.29. The van der Waals surface area contributed by atoms with E-state index in [0.29, 0.717) is 29.2 Å². The van der Waals surface area contributed by atoms with E-state index in [2.05, 4.69) is 5.32 Å². The molecule has 8 nitrogen and oxygen atoms in total. The number of halogens is 3. The van der Waals surface area contributed by atoms with Gasteiger partial charge in [-0.1, -0.05) is 60.7 Å². The van der Waals surface area contributed by atoms with Gasteiger partial charge in [-0.05, 0) is 52.8 Å². The molecular formula is C34H37F3N2O6S. The van der Waals surface area contributed by atoms with Crippen LogP contribution in [0.25, 0.3) is 11.1 Å². The second kappa shape index (κ2) is 15.4. The van der Waals surface area contributed by atoms with Crippen molar-refractivity contribution >= 4 is 23.6 Å². The van der Waals surface area contributed by atoms with Crippen molar-refractivity contribution in [2.24, 2.45) is 0 Å². The number of nitrogens with one attached hydrogen (secondary N) is 1. The van der Waals surface area contributed by atoms with Crippen molar-refractivity contribution < 1.29 is 42.4 Å². The molecule has 3 aromatic rings. The highest BCUT2D eigenvalue weighted by molar-refractivity contribution is 7.99. The Bertz CT molecular complexity index is 1490. The van der Waals surface area contributed by atoms with E-state index in [1.54, 1.807) is 11.8 Å². The number of hydrogen-bond acceptors (Lipinski definition) is 7. The number of benzene rings is 3. The Morgan fingerprint density at radius 1 is 0.935 bits per heavy atom. The number of aliphatic hydroxyl groups excluding tert-OH is 2. The van der Waals surface area contributed by atoms with Crippen molar-refractivity contribution in [2.75, 3.05) is 24.7 Å². The summed E-state index contributed by atoms with van der Waals surface area (Å²) in [6, 6.07) is 21.8. The first kappa shape index (κ1) is 33.9. The molecule has 12 heteroatoms. The smallest absolute Gasteiger partial charge is 0.396 e. The summed E-state index contributed by atoms with van der Waals surface area (Å²) in [5.74, 6) is -1.29. The number of ether oxygens (including phenoxy) is 2. The summed E-state index contributed by atoms with van der Waals surface area (Å²) in [6.45, 7) is 0.0384. The van der Waals surface area contributed by atoms with E-state index < -0.39 is 30.3 Å². The molecule has 0 aliphatic carbocycles. The van der Waals surface area contributed by atoms with Gasteiger partial charge in [-0.25, -0.2) is 0 Å². The van der Waals surface area contributed by atoms with E-state index in [9.17, 15) is 33.0 Å². The highest BCUT2D eigenvalue weighted by Gasteiger charge is 2.47. The fraction of sp³-hybridized carbons (Fsp3) is 0.412. The van der Waals surface area contributed by atoms with Gasteiger partial charge in [0.25, 0.3) is 0 Å². The highest BCUT2D eigenvalue weighted by Crippen LogP contribution is 2.39. The lowest BCUT2D eigenvalue weighted by Crippen LogP contribution is -2.50. The molecule has 2 aliphatic rings. The molecule has 2 heterocycles. The number of carbonyl (C=O) groups is 2. The molecule has 0 aromatic heterocycles. The number of nitrogens with zero attached hydrogens (tertiary/aromatic N) is 1. The molecular weight excluding hydrogens is 621 g/mol. The Morgan fingerprint density at radius 2 is 1.67 bits per heavy atom. The fourth-order valence-corrected chi connectivity index (χ4v) is 6.55. The van der Waals surface area contributed by atoms with Gasteiger partial charge in [0, 0.05) is 36.6 Å². The zero-order chi connectivity index (χ0) is 32.7. The van der Waals surface area contributed by atoms with Crippen LogP contribution in [-0.2, 0) is 32.2 Å². The predicted molar refractivity (Wildman–Crippen MR) is 167 cm³/mol. The van der Waals surface area contributed by atoms with Crippen molar-refractivity contribution in [3.8, 4) is 11.1 Å². The summed E-state index contributed by atoms with van der Waals surface area (Å²) in [4.78, 5) is 25.2. The lowest BCUT2D eigenvalue weighted by molar-refractivity contribution is -0.245. The summed E-state index contributed by atoms with van der Waals surface area (Å²) in [6.07, 6.45) is -4.86. The molecule has 0 unspecified atom stereocenters. The second-order valence-electron chi connectivity index (χ2n) is 11.3. The Balaban J connectivity index is 1.28. The average molecular weight is 659 g/mol. The number of likely N-dealkylation sites (tertiary alicyclic amines) is 1. The van der Waals surface area contributed by atoms with Crippen molar-refractivity contribution in [3.05, 3.63) is 95.1 Å². The van der Waals surface area contributed by atoms with E-state index >= 15 is 0 Å². The summed E-state index contributed by atoms with van der Waals surface area (Å²) >= 11 is 1.62. The number of aliphatic hydroxyl groups is 2. The van der Waals surface area contributed by atoms with E-state index in [4.69, 9.17) is 9.47 Å². The summed E-state index contributed by atoms with van der Waals surface area (Å²) in [7, 11) is 0. The Hall–Kier alpha value is -3.42. The number of rotatable bonds is 11. The van der Waals surface area contributed by atoms with Gasteiger partial charge >= 0.3 is 12.1 Å². The molecule has 2 aliphatic heterocycles. The maximum Gasteiger partial charge on any atom is 0.471 e. The molecule has 3 N–H and O–H groups in total. The Labute approximate surface area is 269 Å². The SMILES string of the molecule is O=C(NCc1cccc(-c2cccc([C@@H]3O[C@H](CSCCO)C[C@H](c4ccc(CO)cc4)O3)c2)c1)[C@@H]1CCCN1C(=O)C(F)(F)F. The van der Waals surface area contributed by atoms with Crippen LogP contribution in [0.4, 0.5) is 13.2 Å². The van der Waals surface area contributed by atoms with Crippen molar-refractivity contribution in [1.29, 1.82) is 0 Å². The minimum absolute atomic E-state index is 0.0413. The van der Waals surface area contributed by atoms with Gasteiger partial charge in [-0.3, -0.25) is 9.59 Å². The number of hydrogen-bond donors (Lipinski definition) is 3. The largest absolute Gasteiger partial charge is 0.471 e. The van der Waals surface area contributed by atoms with Crippen molar-refractivity contribution in [2.45, 2.75) is 63.1 Å². The summed E-state index contributed by atoms with van der Waals surface area (Å²) in [5, 5.41) is 21.4. The molecule has 2 amide bonds. The molecule has 5 rings (SSSR count). The normalized spacial score (nSPS) is 21.7. The molecule has 4 atom stereocenters. The average Bonchev–Trinajstić information content (AvgIpc) is 3.57. The quantitative estimate of drug-likeness (QED) is 0.241. The van der Waals surface area contributed by atoms with Gasteiger partial charge in [0.15, 0.2) is 6.29 Å². The standard InChI is InChI=1S/C34H37F3N2O6S/c35-34(36,37)33(43)39-13-3-8-29(39)31(42)38-19-23-4-1-5-25(16-23)26-6-2-7-27(17-26)32-44-28(21-46-15-14-40)18-30(45-32)24-11-9-22(20-41)10-12-24/h1-2,4-7,9-12,16-17,28-30,32,40-41H,3,8,13-15,18-21H2,(H,38,42)/t28-,29-,30+,32+/m0/s1. The van der Waals surface area contributed by atoms with Crippen LogP contribution in [-0.4, -0.2) is 69.9 Å². The van der Waals surface area contributed by atoms with Gasteiger partial charge in [0.05, 0.1) is 25.4 Å². The molecule has 0 saturated carbocycles. The minimum atomic E-state index is -5.02. The molecule has 0 bridgehead atoms. The first-order chi connectivity index (χ1) is 22.2. The van der Waals surface area contributed by atoms with Crippen LogP contribution < -0.4 is 5.32 Å². The van der Waals surface area contributed by atoms with Crippen LogP contribution in [0.1, 0.15) is 53.9 Å². The van der Waals surface area contributed by atoms with E-state index in [-0.39, 0.29) is 44.9 Å². The molecule has 3 aromatic carbocycles. The molecule has 246 valence electrons. The fourth-order valence-electron chi connectivity index (χ4n) is 5.78. The number of amides is 2. The zero-order valence-electron chi connectivity index (χ0n) is 25.1. The monoisotopic (exact) mass is 658 g/mol. The number of alkyl halides is 3. The molecule has 2 fully saturated rings. The van der Waals surface area contributed by atoms with Crippen LogP contribution in [0.5, 0.6) is 0 Å². The van der Waals surface area contributed by atoms with E-state index in [1.165, 1.54) is 0 Å². The van der Waals surface area contributed by atoms with Crippen LogP contribution in [0.3, 0.4) is 0 Å². The van der Waals surface area contributed by atoms with Gasteiger partial charge in [0.2, 0.25) is 5.91 Å². The van der Waals surface area contributed by atoms with Gasteiger partial charge in [-0.2, -0.15) is 24.9 Å². The topological polar surface area (TPSA) is 108 Å². The lowest BCUT2D eigenvalue weighted by atomic mass is 9.99. The third kappa shape index (κ3) is 8.48. The molecule has 2 saturated heterocycles. The maximum absolute atomic E-state index is 13.0. The van der Waals surface area contributed by atoms with Crippen LogP contribution >= 0.6 is 11.8 Å². The Morgan fingerprint density at radius 3 is 2.39 bits per heavy atom. The lowest BCUT2D eigenvalue weighted by Gasteiger charge is -2.36. The van der Waals surface area contributed by atoms with Gasteiger partial charge in [0.1, 0.15) is 6.04 Å². The highest BCUT2D eigenvalue weighted by atomic mass is 32.2. The zero-order valence-corrected chi connectivity index (χ0v) is 25.9. The Kier molecular flexibility index (Phi) is 11.4. The first-order valence-electron chi connectivity index (χ1n) is 15.2. The summed E-state index contributed by atoms with van der Waals surface area (Å²) < 4.78 is 51.8. The third-order valence-corrected chi connectivity index (χ3v) is 9.18. The molecule has 46 heavy (non-hydrogen) atoms. The molecule has 0 radical (unpaired) electrons. The second-order valence-corrected chi connectivity index (χ2v) is 12.5. The summed E-state index contributed by atoms with van der Waals surface area (Å²) in [5.41, 5.74) is 5.12. The van der Waals surface area contributed by atoms with E-state index in [1.807, 2.05) is 72.8 Å². The molecule has 0 spiro atoms.